The SMILES string of the molecule is CC1=C(C#N)C(=O)N(C)C(=O)/C1=C/c1ccc(-c2cccc(C(=O)OCc3ccccc3Cl)c2)o1. The van der Waals surface area contributed by atoms with E-state index in [1.165, 1.54) is 13.1 Å². The lowest BCUT2D eigenvalue weighted by Gasteiger charge is -2.23. The van der Waals surface area contributed by atoms with E-state index in [1.54, 1.807) is 61.5 Å². The summed E-state index contributed by atoms with van der Waals surface area (Å²) < 4.78 is 11.3. The molecular weight excluding hydrogens is 468 g/mol. The summed E-state index contributed by atoms with van der Waals surface area (Å²) in [4.78, 5) is 38.2. The van der Waals surface area contributed by atoms with Crippen LogP contribution in [0, 0.1) is 11.3 Å². The summed E-state index contributed by atoms with van der Waals surface area (Å²) in [5.74, 6) is -0.842. The lowest BCUT2D eigenvalue weighted by Crippen LogP contribution is -2.39. The summed E-state index contributed by atoms with van der Waals surface area (Å²) in [6.45, 7) is 1.60. The summed E-state index contributed by atoms with van der Waals surface area (Å²) in [6, 6.07) is 19.1. The number of esters is 1. The number of benzene rings is 2. The molecule has 7 nitrogen and oxygen atoms in total. The van der Waals surface area contributed by atoms with Gasteiger partial charge in [0.1, 0.15) is 29.8 Å². The molecule has 0 fully saturated rings. The molecule has 2 heterocycles. The molecule has 0 saturated heterocycles. The van der Waals surface area contributed by atoms with Gasteiger partial charge < -0.3 is 9.15 Å². The van der Waals surface area contributed by atoms with Crippen molar-refractivity contribution in [3.05, 3.63) is 99.3 Å². The predicted octanol–water partition coefficient (Wildman–Crippen LogP) is 5.18. The number of carbonyl (C=O) groups is 3. The molecule has 0 bridgehead atoms. The molecule has 8 heteroatoms. The monoisotopic (exact) mass is 486 g/mol. The third-order valence-electron chi connectivity index (χ3n) is 5.56. The van der Waals surface area contributed by atoms with Crippen LogP contribution in [0.15, 0.2) is 81.8 Å². The van der Waals surface area contributed by atoms with Gasteiger partial charge in [-0.05, 0) is 48.9 Å². The van der Waals surface area contributed by atoms with E-state index in [1.807, 2.05) is 12.1 Å². The van der Waals surface area contributed by atoms with Crippen molar-refractivity contribution in [3.8, 4) is 17.4 Å². The number of hydrogen-bond acceptors (Lipinski definition) is 6. The lowest BCUT2D eigenvalue weighted by atomic mass is 9.95. The highest BCUT2D eigenvalue weighted by molar-refractivity contribution is 6.31. The van der Waals surface area contributed by atoms with E-state index in [4.69, 9.17) is 20.8 Å². The summed E-state index contributed by atoms with van der Waals surface area (Å²) in [5.41, 5.74) is 2.08. The van der Waals surface area contributed by atoms with E-state index in [0.29, 0.717) is 38.8 Å². The second-order valence-electron chi connectivity index (χ2n) is 7.79. The van der Waals surface area contributed by atoms with Gasteiger partial charge in [-0.25, -0.2) is 4.79 Å². The Balaban J connectivity index is 1.56. The van der Waals surface area contributed by atoms with E-state index in [9.17, 15) is 19.6 Å². The highest BCUT2D eigenvalue weighted by atomic mass is 35.5. The number of hydrogen-bond donors (Lipinski definition) is 0. The molecule has 0 atom stereocenters. The van der Waals surface area contributed by atoms with Crippen LogP contribution in [0.1, 0.15) is 28.6 Å². The van der Waals surface area contributed by atoms with Crippen molar-refractivity contribution in [1.29, 1.82) is 5.26 Å². The quantitative estimate of drug-likeness (QED) is 0.280. The average molecular weight is 487 g/mol. The molecule has 0 aliphatic carbocycles. The Hall–Kier alpha value is -4.41. The molecule has 0 saturated carbocycles. The first-order chi connectivity index (χ1) is 16.8. The fourth-order valence-corrected chi connectivity index (χ4v) is 3.76. The van der Waals surface area contributed by atoms with E-state index in [-0.39, 0.29) is 17.8 Å². The van der Waals surface area contributed by atoms with Gasteiger partial charge in [0.15, 0.2) is 0 Å². The minimum atomic E-state index is -0.634. The maximum Gasteiger partial charge on any atom is 0.338 e. The van der Waals surface area contributed by atoms with Crippen LogP contribution in [0.3, 0.4) is 0 Å². The van der Waals surface area contributed by atoms with Crippen LogP contribution in [-0.4, -0.2) is 29.7 Å². The molecule has 2 amide bonds. The Morgan fingerprint density at radius 1 is 1.11 bits per heavy atom. The second kappa shape index (κ2) is 9.84. The third kappa shape index (κ3) is 4.79. The molecule has 3 aromatic rings. The first-order valence-corrected chi connectivity index (χ1v) is 10.9. The van der Waals surface area contributed by atoms with Crippen molar-refractivity contribution in [1.82, 2.24) is 4.90 Å². The van der Waals surface area contributed by atoms with Crippen LogP contribution < -0.4 is 0 Å². The van der Waals surface area contributed by atoms with Crippen molar-refractivity contribution in [2.24, 2.45) is 0 Å². The summed E-state index contributed by atoms with van der Waals surface area (Å²) >= 11 is 6.11. The summed E-state index contributed by atoms with van der Waals surface area (Å²) in [5, 5.41) is 9.82. The van der Waals surface area contributed by atoms with Crippen LogP contribution >= 0.6 is 11.6 Å². The molecule has 0 radical (unpaired) electrons. The molecule has 2 aromatic carbocycles. The Kier molecular flexibility index (Phi) is 6.67. The van der Waals surface area contributed by atoms with Gasteiger partial charge in [-0.2, -0.15) is 5.26 Å². The maximum absolute atomic E-state index is 12.6. The lowest BCUT2D eigenvalue weighted by molar-refractivity contribution is -0.138. The Labute approximate surface area is 206 Å². The Morgan fingerprint density at radius 3 is 2.63 bits per heavy atom. The van der Waals surface area contributed by atoms with Crippen LogP contribution in [-0.2, 0) is 20.9 Å². The second-order valence-corrected chi connectivity index (χ2v) is 8.20. The normalized spacial score (nSPS) is 14.9. The van der Waals surface area contributed by atoms with E-state index in [0.717, 1.165) is 4.90 Å². The van der Waals surface area contributed by atoms with Crippen molar-refractivity contribution in [2.75, 3.05) is 7.05 Å². The van der Waals surface area contributed by atoms with Gasteiger partial charge in [0.25, 0.3) is 11.8 Å². The first-order valence-electron chi connectivity index (χ1n) is 10.6. The number of amides is 2. The number of carbonyl (C=O) groups excluding carboxylic acids is 3. The van der Waals surface area contributed by atoms with E-state index in [2.05, 4.69) is 0 Å². The van der Waals surface area contributed by atoms with Crippen molar-refractivity contribution in [3.63, 3.8) is 0 Å². The number of likely N-dealkylation sites (N-methyl/N-ethyl adjacent to an activating group) is 1. The minimum absolute atomic E-state index is 0.0454. The average Bonchev–Trinajstić information content (AvgIpc) is 3.34. The topological polar surface area (TPSA) is 101 Å². The molecule has 0 N–H and O–H groups in total. The maximum atomic E-state index is 12.6. The predicted molar refractivity (Wildman–Crippen MR) is 129 cm³/mol. The fourth-order valence-electron chi connectivity index (χ4n) is 3.57. The summed E-state index contributed by atoms with van der Waals surface area (Å²) in [6.07, 6.45) is 1.49. The number of ether oxygens (including phenoxy) is 1. The number of furan rings is 1. The fraction of sp³-hybridized carbons (Fsp3) is 0.111. The van der Waals surface area contributed by atoms with Gasteiger partial charge in [0.2, 0.25) is 0 Å². The zero-order valence-corrected chi connectivity index (χ0v) is 19.6. The molecule has 1 aliphatic rings. The third-order valence-corrected chi connectivity index (χ3v) is 5.93. The minimum Gasteiger partial charge on any atom is -0.457 e. The number of halogens is 1. The molecule has 174 valence electrons. The highest BCUT2D eigenvalue weighted by Gasteiger charge is 2.33. The van der Waals surface area contributed by atoms with Gasteiger partial charge in [-0.1, -0.05) is 41.9 Å². The zero-order chi connectivity index (χ0) is 25.1. The highest BCUT2D eigenvalue weighted by Crippen LogP contribution is 2.29. The van der Waals surface area contributed by atoms with Gasteiger partial charge >= 0.3 is 5.97 Å². The molecule has 0 spiro atoms. The molecule has 1 aromatic heterocycles. The molecule has 1 aliphatic heterocycles. The standard InChI is InChI=1S/C27H19ClN2O5/c1-16-21(25(31)30(2)26(32)22(16)14-29)13-20-10-11-24(35-20)17-7-5-8-18(12-17)27(33)34-15-19-6-3-4-9-23(19)28/h3-13H,15H2,1-2H3/b21-13+. The van der Waals surface area contributed by atoms with E-state index < -0.39 is 17.8 Å². The Bertz CT molecular complexity index is 1460. The van der Waals surface area contributed by atoms with Gasteiger partial charge in [0.05, 0.1) is 5.56 Å². The molecule has 35 heavy (non-hydrogen) atoms. The Morgan fingerprint density at radius 2 is 1.89 bits per heavy atom. The molecule has 4 rings (SSSR count). The van der Waals surface area contributed by atoms with Crippen LogP contribution in [0.4, 0.5) is 0 Å². The zero-order valence-electron chi connectivity index (χ0n) is 18.9. The van der Waals surface area contributed by atoms with Gasteiger partial charge in [0, 0.05) is 28.8 Å². The van der Waals surface area contributed by atoms with Crippen LogP contribution in [0.2, 0.25) is 5.02 Å². The molecular formula is C27H19ClN2O5. The molecule has 0 unspecified atom stereocenters. The number of nitriles is 1. The number of nitrogens with zero attached hydrogens (tertiary/aromatic N) is 2. The van der Waals surface area contributed by atoms with Crippen LogP contribution in [0.25, 0.3) is 17.4 Å². The largest absolute Gasteiger partial charge is 0.457 e. The van der Waals surface area contributed by atoms with Gasteiger partial charge in [-0.3, -0.25) is 14.5 Å². The van der Waals surface area contributed by atoms with Crippen molar-refractivity contribution in [2.45, 2.75) is 13.5 Å². The first kappa shape index (κ1) is 23.7. The van der Waals surface area contributed by atoms with Crippen LogP contribution in [0.5, 0.6) is 0 Å². The van der Waals surface area contributed by atoms with Gasteiger partial charge in [-0.15, -0.1) is 0 Å². The smallest absolute Gasteiger partial charge is 0.338 e. The number of imide groups is 1. The number of rotatable bonds is 5. The van der Waals surface area contributed by atoms with Crippen molar-refractivity contribution < 1.29 is 23.5 Å². The summed E-state index contributed by atoms with van der Waals surface area (Å²) in [7, 11) is 1.33. The van der Waals surface area contributed by atoms with Crippen molar-refractivity contribution >= 4 is 35.5 Å². The van der Waals surface area contributed by atoms with E-state index >= 15 is 0 Å².